The molecule has 0 saturated heterocycles. The molecule has 0 unspecified atom stereocenters. The summed E-state index contributed by atoms with van der Waals surface area (Å²) in [6, 6.07) is 0. The lowest BCUT2D eigenvalue weighted by atomic mass is 10.1. The predicted octanol–water partition coefficient (Wildman–Crippen LogP) is 5.44. The molecule has 0 aromatic heterocycles. The van der Waals surface area contributed by atoms with E-state index < -0.39 is 58.7 Å². The van der Waals surface area contributed by atoms with Crippen LogP contribution in [0, 0.1) is 0 Å². The highest BCUT2D eigenvalue weighted by atomic mass is 28.4. The molecule has 0 aromatic carbocycles. The Labute approximate surface area is 256 Å². The lowest BCUT2D eigenvalue weighted by Crippen LogP contribution is -2.54. The number of aliphatic carboxylic acids is 2. The SMILES string of the molecule is CC(C)(O)CC(=O)O.CC(C)[Si](F)(F)C(C)C.CC(C)[Si](OCCN)(OC(C)(C)CC(=O)O)C(C)C.NCCO.[2H]CF. The van der Waals surface area contributed by atoms with E-state index in [1.165, 1.54) is 13.8 Å². The zero-order valence-electron chi connectivity index (χ0n) is 29.0. The highest BCUT2D eigenvalue weighted by Crippen LogP contribution is 2.38. The summed E-state index contributed by atoms with van der Waals surface area (Å²) in [6.07, 6.45) is -0.236. The number of nitrogens with two attached hydrogens (primary N) is 2. The molecule has 0 heterocycles. The van der Waals surface area contributed by atoms with Gasteiger partial charge >= 0.3 is 29.2 Å². The maximum atomic E-state index is 12.8. The normalized spacial score (nSPS) is 12.2. The summed E-state index contributed by atoms with van der Waals surface area (Å²) in [4.78, 5) is 20.8. The van der Waals surface area contributed by atoms with Crippen LogP contribution in [0.15, 0.2) is 0 Å². The molecule has 258 valence electrons. The van der Waals surface area contributed by atoms with E-state index in [1.54, 1.807) is 41.5 Å². The average Bonchev–Trinajstić information content (AvgIpc) is 2.80. The molecule has 0 bridgehead atoms. The highest BCUT2D eigenvalue weighted by Gasteiger charge is 2.48. The van der Waals surface area contributed by atoms with Crippen molar-refractivity contribution in [3.05, 3.63) is 0 Å². The largest absolute Gasteiger partial charge is 0.481 e. The Bertz CT molecular complexity index is 682. The first-order chi connectivity index (χ1) is 19.2. The van der Waals surface area contributed by atoms with Crippen LogP contribution >= 0.6 is 0 Å². The number of aliphatic hydroxyl groups is 2. The second kappa shape index (κ2) is 25.3. The molecule has 0 aromatic rings. The third-order valence-corrected chi connectivity index (χ3v) is 13.1. The molecule has 0 aliphatic carbocycles. The van der Waals surface area contributed by atoms with Gasteiger partial charge in [-0.25, -0.2) is 0 Å². The van der Waals surface area contributed by atoms with Gasteiger partial charge in [-0.1, -0.05) is 55.4 Å². The first kappa shape index (κ1) is 47.8. The van der Waals surface area contributed by atoms with Crippen molar-refractivity contribution >= 4 is 29.2 Å². The Balaban J connectivity index is -0.000000166. The van der Waals surface area contributed by atoms with Gasteiger partial charge in [0.05, 0.1) is 39.2 Å². The minimum atomic E-state index is -3.86. The van der Waals surface area contributed by atoms with Gasteiger partial charge in [-0.05, 0) is 38.8 Å². The van der Waals surface area contributed by atoms with Crippen molar-refractivity contribution in [3.8, 4) is 0 Å². The second-order valence-corrected chi connectivity index (χ2v) is 19.9. The van der Waals surface area contributed by atoms with Crippen LogP contribution in [-0.2, 0) is 18.4 Å². The van der Waals surface area contributed by atoms with Crippen molar-refractivity contribution in [2.75, 3.05) is 33.5 Å². The maximum Gasteiger partial charge on any atom is 0.429 e. The number of carboxylic acids is 2. The van der Waals surface area contributed by atoms with E-state index >= 15 is 0 Å². The molecule has 10 nitrogen and oxygen atoms in total. The monoisotopic (exact) mass is 657 g/mol. The lowest BCUT2D eigenvalue weighted by Gasteiger charge is -2.43. The van der Waals surface area contributed by atoms with E-state index in [-0.39, 0.29) is 30.5 Å². The minimum absolute atomic E-state index is 0.0345. The summed E-state index contributed by atoms with van der Waals surface area (Å²) < 4.78 is 53.4. The number of hydrogen-bond donors (Lipinski definition) is 6. The van der Waals surface area contributed by atoms with Gasteiger partial charge in [0.25, 0.3) is 0 Å². The Morgan fingerprint density at radius 3 is 1.31 bits per heavy atom. The molecular weight excluding hydrogens is 593 g/mol. The van der Waals surface area contributed by atoms with Crippen molar-refractivity contribution < 1.29 is 52.8 Å². The molecule has 0 fully saturated rings. The molecule has 0 radical (unpaired) electrons. The van der Waals surface area contributed by atoms with Crippen LogP contribution in [0.3, 0.4) is 0 Å². The van der Waals surface area contributed by atoms with Gasteiger partial charge in [0.15, 0.2) is 0 Å². The molecule has 0 rings (SSSR count). The number of carboxylic acid groups (broad SMARTS) is 2. The number of halogens is 3. The summed E-state index contributed by atoms with van der Waals surface area (Å²) >= 11 is 0. The van der Waals surface area contributed by atoms with E-state index in [1.807, 2.05) is 0 Å². The van der Waals surface area contributed by atoms with Gasteiger partial charge in [0.1, 0.15) is 0 Å². The van der Waals surface area contributed by atoms with Gasteiger partial charge < -0.3 is 40.7 Å². The Kier molecular flexibility index (Phi) is 28.8. The van der Waals surface area contributed by atoms with Crippen LogP contribution in [0.5, 0.6) is 0 Å². The van der Waals surface area contributed by atoms with E-state index in [2.05, 4.69) is 27.7 Å². The molecule has 0 spiro atoms. The van der Waals surface area contributed by atoms with Gasteiger partial charge in [0, 0.05) is 30.8 Å². The summed E-state index contributed by atoms with van der Waals surface area (Å²) in [7, 11) is -7.37. The molecule has 0 amide bonds. The van der Waals surface area contributed by atoms with Crippen molar-refractivity contribution in [1.29, 1.82) is 0 Å². The smallest absolute Gasteiger partial charge is 0.429 e. The molecule has 0 aliphatic heterocycles. The first-order valence-electron chi connectivity index (χ1n) is 14.7. The zero-order valence-corrected chi connectivity index (χ0v) is 30.0. The summed E-state index contributed by atoms with van der Waals surface area (Å²) in [5.41, 5.74) is 8.14. The Morgan fingerprint density at radius 2 is 1.17 bits per heavy atom. The van der Waals surface area contributed by atoms with Gasteiger partial charge in [-0.15, -0.1) is 0 Å². The van der Waals surface area contributed by atoms with Crippen molar-refractivity contribution in [2.24, 2.45) is 11.5 Å². The summed E-state index contributed by atoms with van der Waals surface area (Å²) in [5.74, 6) is -1.84. The molecule has 42 heavy (non-hydrogen) atoms. The van der Waals surface area contributed by atoms with E-state index in [4.69, 9.17) is 42.1 Å². The first-order valence-corrected chi connectivity index (χ1v) is 17.8. The van der Waals surface area contributed by atoms with Crippen LogP contribution in [-0.4, -0.2) is 94.3 Å². The third-order valence-electron chi connectivity index (χ3n) is 5.32. The lowest BCUT2D eigenvalue weighted by molar-refractivity contribution is -0.142. The molecule has 0 saturated carbocycles. The number of alkyl halides is 1. The molecule has 0 aliphatic rings. The standard InChI is InChI=1S/C13H29NO4Si.C6H14F2Si.C5H10O3.C2H7NO.CH3F/c1-10(2)19(11(3)4,17-8-7-14)18-13(5,6)9-12(15)16;1-5(2)9(7,8)6(3)4;1-5(2,8)3-4(6)7;3-1-2-4;1-2/h10-11H,7-9,14H2,1-6H3,(H,15,16);5-6H,1-4H3;8H,3H2,1-2H3,(H,6,7);4H,1-3H2;1H3/i;;;;1D. The van der Waals surface area contributed by atoms with Crippen LogP contribution in [0.2, 0.25) is 22.2 Å². The topological polar surface area (TPSA) is 186 Å². The molecule has 8 N–H and O–H groups in total. The minimum Gasteiger partial charge on any atom is -0.481 e. The molecular formula is C27H63F3N2O8Si2. The fourth-order valence-corrected chi connectivity index (χ4v) is 8.59. The van der Waals surface area contributed by atoms with Crippen molar-refractivity contribution in [3.63, 3.8) is 0 Å². The van der Waals surface area contributed by atoms with Gasteiger partial charge in [-0.3, -0.25) is 22.2 Å². The Hall–Kier alpha value is -1.08. The van der Waals surface area contributed by atoms with Gasteiger partial charge in [-0.2, -0.15) is 0 Å². The Morgan fingerprint density at radius 1 is 0.833 bits per heavy atom. The number of aliphatic hydroxyl groups excluding tert-OH is 1. The zero-order chi connectivity index (χ0) is 35.8. The number of hydrogen-bond acceptors (Lipinski definition) is 8. The number of carbonyl (C=O) groups is 2. The van der Waals surface area contributed by atoms with Crippen LogP contribution in [0.25, 0.3) is 0 Å². The summed E-state index contributed by atoms with van der Waals surface area (Å²) in [6.45, 7) is 22.6. The molecule has 15 heteroatoms. The van der Waals surface area contributed by atoms with Gasteiger partial charge in [0.2, 0.25) is 0 Å². The van der Waals surface area contributed by atoms with E-state index in [0.717, 1.165) is 0 Å². The number of rotatable bonds is 14. The quantitative estimate of drug-likeness (QED) is 0.104. The fourth-order valence-electron chi connectivity index (χ4n) is 3.35. The van der Waals surface area contributed by atoms with Crippen LogP contribution in [0.1, 0.15) is 97.3 Å². The summed E-state index contributed by atoms with van der Waals surface area (Å²) in [5, 5.41) is 33.6. The average molecular weight is 658 g/mol. The second-order valence-electron chi connectivity index (χ2n) is 12.0. The van der Waals surface area contributed by atoms with Crippen molar-refractivity contribution in [1.82, 2.24) is 0 Å². The predicted molar refractivity (Wildman–Crippen MR) is 168 cm³/mol. The third kappa shape index (κ3) is 27.7. The van der Waals surface area contributed by atoms with E-state index in [0.29, 0.717) is 19.7 Å². The molecule has 0 atom stereocenters. The highest BCUT2D eigenvalue weighted by molar-refractivity contribution is 6.70. The van der Waals surface area contributed by atoms with E-state index in [9.17, 15) is 22.2 Å². The fraction of sp³-hybridized carbons (Fsp3) is 0.926. The maximum absolute atomic E-state index is 12.8. The van der Waals surface area contributed by atoms with Crippen molar-refractivity contribution in [2.45, 2.75) is 129 Å². The van der Waals surface area contributed by atoms with Crippen LogP contribution < -0.4 is 11.5 Å². The van der Waals surface area contributed by atoms with Crippen LogP contribution in [0.4, 0.5) is 12.6 Å².